The van der Waals surface area contributed by atoms with Crippen LogP contribution in [0.2, 0.25) is 0 Å². The van der Waals surface area contributed by atoms with Gasteiger partial charge in [0, 0.05) is 50.6 Å². The molecule has 47 heavy (non-hydrogen) atoms. The molecule has 0 spiro atoms. The molecule has 12 heteroatoms. The number of carbonyl (C=O) groups is 4. The molecule has 3 aliphatic heterocycles. The third-order valence-electron chi connectivity index (χ3n) is 8.53. The summed E-state index contributed by atoms with van der Waals surface area (Å²) in [5.74, 6) is 0.403. The minimum Gasteiger partial charge on any atom is -0.497 e. The van der Waals surface area contributed by atoms with Gasteiger partial charge in [-0.15, -0.1) is 0 Å². The van der Waals surface area contributed by atoms with Gasteiger partial charge in [0.1, 0.15) is 11.5 Å². The molecule has 2 N–H and O–H groups in total. The number of ether oxygens (including phenoxy) is 2. The monoisotopic (exact) mass is 640 g/mol. The van der Waals surface area contributed by atoms with Crippen LogP contribution in [0.3, 0.4) is 0 Å². The van der Waals surface area contributed by atoms with Gasteiger partial charge in [0.05, 0.1) is 42.8 Å². The molecule has 246 valence electrons. The molecule has 2 fully saturated rings. The summed E-state index contributed by atoms with van der Waals surface area (Å²) >= 11 is 0. The second-order valence-corrected chi connectivity index (χ2v) is 11.8. The van der Waals surface area contributed by atoms with Crippen LogP contribution in [0.1, 0.15) is 53.3 Å². The zero-order valence-corrected chi connectivity index (χ0v) is 27.0. The quantitative estimate of drug-likeness (QED) is 0.218. The van der Waals surface area contributed by atoms with Crippen LogP contribution in [0, 0.1) is 0 Å². The lowest BCUT2D eigenvalue weighted by Crippen LogP contribution is -2.35. The Balaban J connectivity index is 1.03. The van der Waals surface area contributed by atoms with Crippen LogP contribution in [0.5, 0.6) is 11.5 Å². The van der Waals surface area contributed by atoms with Gasteiger partial charge in [-0.2, -0.15) is 0 Å². The van der Waals surface area contributed by atoms with E-state index in [1.807, 2.05) is 6.92 Å². The fourth-order valence-electron chi connectivity index (χ4n) is 6.04. The number of unbranched alkanes of at least 4 members (excludes halogenated alkanes) is 1. The largest absolute Gasteiger partial charge is 0.497 e. The first kappa shape index (κ1) is 33.1. The number of rotatable bonds is 11. The summed E-state index contributed by atoms with van der Waals surface area (Å²) < 4.78 is 10.5. The highest BCUT2D eigenvalue weighted by Crippen LogP contribution is 2.33. The van der Waals surface area contributed by atoms with E-state index in [0.29, 0.717) is 85.9 Å². The Morgan fingerprint density at radius 2 is 1.60 bits per heavy atom. The van der Waals surface area contributed by atoms with E-state index in [4.69, 9.17) is 9.47 Å². The number of nitrogens with zero attached hydrogens (tertiary/aromatic N) is 4. The van der Waals surface area contributed by atoms with Crippen molar-refractivity contribution >= 4 is 47.9 Å². The van der Waals surface area contributed by atoms with Crippen molar-refractivity contribution in [3.63, 3.8) is 0 Å². The topological polar surface area (TPSA) is 142 Å². The van der Waals surface area contributed by atoms with Crippen molar-refractivity contribution in [2.45, 2.75) is 44.7 Å². The normalized spacial score (nSPS) is 20.1. The first-order valence-corrected chi connectivity index (χ1v) is 15.6. The zero-order valence-electron chi connectivity index (χ0n) is 27.0. The summed E-state index contributed by atoms with van der Waals surface area (Å²) in [5.41, 5.74) is 3.72. The molecule has 4 amide bonds. The van der Waals surface area contributed by atoms with Crippen LogP contribution in [0.25, 0.3) is 0 Å². The predicted molar refractivity (Wildman–Crippen MR) is 179 cm³/mol. The third kappa shape index (κ3) is 7.76. The van der Waals surface area contributed by atoms with Crippen molar-refractivity contribution in [2.75, 3.05) is 40.4 Å². The highest BCUT2D eigenvalue weighted by molar-refractivity contribution is 6.04. The SMILES string of the molecule is C=Nc1ccc(OC)cc1C(=O)N1C/C(=C\C(=O)NCCCCNC(=O)/C=C2/C[C@H]3C=Nc4ccc(OC)cc4C(=O)N3C2)C[C@H]1C. The molecule has 12 nitrogen and oxygen atoms in total. The molecule has 5 rings (SSSR count). The number of methoxy groups -OCH3 is 2. The van der Waals surface area contributed by atoms with Crippen molar-refractivity contribution in [1.82, 2.24) is 20.4 Å². The van der Waals surface area contributed by atoms with Gasteiger partial charge in [0.25, 0.3) is 11.8 Å². The molecule has 0 aliphatic carbocycles. The first-order valence-electron chi connectivity index (χ1n) is 15.6. The maximum absolute atomic E-state index is 13.3. The first-order chi connectivity index (χ1) is 22.7. The second kappa shape index (κ2) is 14.9. The molecule has 3 aliphatic rings. The summed E-state index contributed by atoms with van der Waals surface area (Å²) in [4.78, 5) is 63.5. The van der Waals surface area contributed by atoms with E-state index >= 15 is 0 Å². The lowest BCUT2D eigenvalue weighted by molar-refractivity contribution is -0.117. The van der Waals surface area contributed by atoms with Crippen molar-refractivity contribution in [2.24, 2.45) is 9.98 Å². The molecular formula is C35H40N6O6. The van der Waals surface area contributed by atoms with Crippen LogP contribution in [0.15, 0.2) is 69.7 Å². The summed E-state index contributed by atoms with van der Waals surface area (Å²) in [6, 6.07) is 10.0. The average Bonchev–Trinajstić information content (AvgIpc) is 3.62. The number of hydrogen-bond acceptors (Lipinski definition) is 8. The van der Waals surface area contributed by atoms with Crippen LogP contribution in [-0.2, 0) is 9.59 Å². The molecule has 2 saturated heterocycles. The van der Waals surface area contributed by atoms with Crippen LogP contribution in [0.4, 0.5) is 11.4 Å². The van der Waals surface area contributed by atoms with E-state index in [2.05, 4.69) is 27.3 Å². The van der Waals surface area contributed by atoms with E-state index in [9.17, 15) is 19.2 Å². The molecule has 2 aromatic rings. The van der Waals surface area contributed by atoms with Crippen molar-refractivity contribution in [3.8, 4) is 11.5 Å². The Labute approximate surface area is 274 Å². The van der Waals surface area contributed by atoms with E-state index in [1.165, 1.54) is 7.11 Å². The molecule has 0 unspecified atom stereocenters. The molecule has 0 bridgehead atoms. The van der Waals surface area contributed by atoms with Gasteiger partial charge in [-0.05, 0) is 86.9 Å². The Hall–Kier alpha value is -5.26. The zero-order chi connectivity index (χ0) is 33.5. The molecule has 2 atom stereocenters. The smallest absolute Gasteiger partial charge is 0.257 e. The Bertz CT molecular complexity index is 1660. The maximum atomic E-state index is 13.3. The van der Waals surface area contributed by atoms with Crippen molar-refractivity contribution in [1.29, 1.82) is 0 Å². The number of nitrogens with one attached hydrogen (secondary N) is 2. The van der Waals surface area contributed by atoms with Gasteiger partial charge in [-0.3, -0.25) is 29.2 Å². The highest BCUT2D eigenvalue weighted by Gasteiger charge is 2.35. The van der Waals surface area contributed by atoms with Gasteiger partial charge >= 0.3 is 0 Å². The van der Waals surface area contributed by atoms with E-state index in [-0.39, 0.29) is 35.7 Å². The lowest BCUT2D eigenvalue weighted by Gasteiger charge is -2.22. The van der Waals surface area contributed by atoms with E-state index in [1.54, 1.807) is 71.7 Å². The van der Waals surface area contributed by atoms with Crippen LogP contribution in [-0.4, -0.2) is 98.8 Å². The van der Waals surface area contributed by atoms with E-state index < -0.39 is 0 Å². The number of hydrogen-bond donors (Lipinski definition) is 2. The Kier molecular flexibility index (Phi) is 10.5. The minimum absolute atomic E-state index is 0.0755. The van der Waals surface area contributed by atoms with Gasteiger partial charge in [0.2, 0.25) is 11.8 Å². The minimum atomic E-state index is -0.211. The number of likely N-dealkylation sites (tertiary alicyclic amines) is 1. The average molecular weight is 641 g/mol. The number of aliphatic imine (C=N–C) groups is 2. The predicted octanol–water partition coefficient (Wildman–Crippen LogP) is 3.77. The number of carbonyl (C=O) groups excluding carboxylic acids is 4. The molecular weight excluding hydrogens is 600 g/mol. The Morgan fingerprint density at radius 1 is 0.957 bits per heavy atom. The number of amides is 4. The molecule has 0 saturated carbocycles. The summed E-state index contributed by atoms with van der Waals surface area (Å²) in [6.45, 7) is 7.15. The molecule has 0 radical (unpaired) electrons. The molecule has 3 heterocycles. The van der Waals surface area contributed by atoms with Gasteiger partial charge in [0.15, 0.2) is 0 Å². The summed E-state index contributed by atoms with van der Waals surface area (Å²) in [6.07, 6.45) is 7.42. The van der Waals surface area contributed by atoms with Gasteiger partial charge in [-0.1, -0.05) is 0 Å². The van der Waals surface area contributed by atoms with Gasteiger partial charge in [-0.25, -0.2) is 0 Å². The van der Waals surface area contributed by atoms with Gasteiger partial charge < -0.3 is 29.9 Å². The molecule has 2 aromatic carbocycles. The summed E-state index contributed by atoms with van der Waals surface area (Å²) in [5, 5.41) is 5.78. The number of fused-ring (bicyclic) bond motifs is 2. The number of benzene rings is 2. The van der Waals surface area contributed by atoms with Crippen molar-refractivity contribution in [3.05, 3.63) is 70.8 Å². The van der Waals surface area contributed by atoms with E-state index in [0.717, 1.165) is 11.1 Å². The van der Waals surface area contributed by atoms with Crippen LogP contribution >= 0.6 is 0 Å². The highest BCUT2D eigenvalue weighted by atomic mass is 16.5. The third-order valence-corrected chi connectivity index (χ3v) is 8.53. The molecule has 0 aromatic heterocycles. The fraction of sp³-hybridized carbons (Fsp3) is 0.371. The summed E-state index contributed by atoms with van der Waals surface area (Å²) in [7, 11) is 3.09. The standard InChI is InChI=1S/C35H40N6O6/c1-22-13-23(20-40(22)34(44)28-17-26(46-3)7-9-30(28)36-2)15-32(42)37-11-5-6-12-38-33(43)16-24-14-25-19-39-31-10-8-27(47-4)18-29(31)35(45)41(25)21-24/h7-10,15-19,22,25H,2,5-6,11-14,20-21H2,1,3-4H3,(H,37,42)(H,38,43)/b23-15-,24-16-/t22-,25+/m1/s1. The maximum Gasteiger partial charge on any atom is 0.257 e. The van der Waals surface area contributed by atoms with Crippen molar-refractivity contribution < 1.29 is 28.7 Å². The fourth-order valence-corrected chi connectivity index (χ4v) is 6.04. The van der Waals surface area contributed by atoms with Crippen LogP contribution < -0.4 is 20.1 Å². The Morgan fingerprint density at radius 3 is 2.26 bits per heavy atom. The second-order valence-electron chi connectivity index (χ2n) is 11.8. The lowest BCUT2D eigenvalue weighted by atomic mass is 10.1.